The van der Waals surface area contributed by atoms with Gasteiger partial charge >= 0.3 is 0 Å². The molecule has 0 aliphatic heterocycles. The fraction of sp³-hybridized carbons (Fsp3) is 1.00. The highest BCUT2D eigenvalue weighted by molar-refractivity contribution is 14.1. The maximum Gasteiger partial charge on any atom is 0.110 e. The number of halogens is 1. The van der Waals surface area contributed by atoms with Gasteiger partial charge in [-0.15, -0.1) is 0 Å². The van der Waals surface area contributed by atoms with Crippen molar-refractivity contribution in [2.24, 2.45) is 5.92 Å². The van der Waals surface area contributed by atoms with Crippen LogP contribution in [0, 0.1) is 5.92 Å². The molecule has 1 saturated carbocycles. The van der Waals surface area contributed by atoms with Gasteiger partial charge in [0.15, 0.2) is 0 Å². The SMILES string of the molecule is C[C@H]1C[C@H](OI)C1. The van der Waals surface area contributed by atoms with Crippen LogP contribution in [0.5, 0.6) is 0 Å². The average molecular weight is 212 g/mol. The maximum absolute atomic E-state index is 5.03. The fourth-order valence-electron chi connectivity index (χ4n) is 0.901. The van der Waals surface area contributed by atoms with Gasteiger partial charge in [-0.25, -0.2) is 0 Å². The van der Waals surface area contributed by atoms with E-state index < -0.39 is 0 Å². The summed E-state index contributed by atoms with van der Waals surface area (Å²) in [6.45, 7) is 2.26. The molecule has 0 radical (unpaired) electrons. The number of hydrogen-bond donors (Lipinski definition) is 0. The Balaban J connectivity index is 2.06. The van der Waals surface area contributed by atoms with Crippen molar-refractivity contribution < 1.29 is 3.07 Å². The lowest BCUT2D eigenvalue weighted by Crippen LogP contribution is -2.26. The Kier molecular flexibility index (Phi) is 1.92. The van der Waals surface area contributed by atoms with Gasteiger partial charge in [0.1, 0.15) is 23.0 Å². The summed E-state index contributed by atoms with van der Waals surface area (Å²) in [5.41, 5.74) is 0. The highest BCUT2D eigenvalue weighted by Gasteiger charge is 2.24. The predicted molar refractivity (Wildman–Crippen MR) is 37.3 cm³/mol. The van der Waals surface area contributed by atoms with Crippen molar-refractivity contribution >= 4 is 23.0 Å². The lowest BCUT2D eigenvalue weighted by atomic mass is 9.84. The van der Waals surface area contributed by atoms with Crippen LogP contribution in [0.2, 0.25) is 0 Å². The first kappa shape index (κ1) is 5.82. The molecule has 0 unspecified atom stereocenters. The Morgan fingerprint density at radius 1 is 1.57 bits per heavy atom. The highest BCUT2D eigenvalue weighted by Crippen LogP contribution is 2.30. The highest BCUT2D eigenvalue weighted by atomic mass is 127. The largest absolute Gasteiger partial charge is 0.312 e. The summed E-state index contributed by atoms with van der Waals surface area (Å²) < 4.78 is 5.03. The molecule has 1 aliphatic rings. The second kappa shape index (κ2) is 2.31. The van der Waals surface area contributed by atoms with E-state index >= 15 is 0 Å². The summed E-state index contributed by atoms with van der Waals surface area (Å²) in [6.07, 6.45) is 3.11. The Morgan fingerprint density at radius 2 is 2.14 bits per heavy atom. The molecule has 0 aromatic carbocycles. The third kappa shape index (κ3) is 1.29. The second-order valence-electron chi connectivity index (χ2n) is 2.29. The van der Waals surface area contributed by atoms with Gasteiger partial charge in [0.25, 0.3) is 0 Å². The van der Waals surface area contributed by atoms with Crippen LogP contribution in [0.15, 0.2) is 0 Å². The minimum absolute atomic E-state index is 0.579. The zero-order chi connectivity index (χ0) is 5.28. The van der Waals surface area contributed by atoms with Gasteiger partial charge in [-0.2, -0.15) is 0 Å². The average Bonchev–Trinajstić information content (AvgIpc) is 1.58. The smallest absolute Gasteiger partial charge is 0.110 e. The molecule has 1 fully saturated rings. The van der Waals surface area contributed by atoms with Crippen LogP contribution in [0.1, 0.15) is 19.8 Å². The van der Waals surface area contributed by atoms with Crippen LogP contribution in [-0.2, 0) is 3.07 Å². The first-order chi connectivity index (χ1) is 3.33. The van der Waals surface area contributed by atoms with Crippen molar-refractivity contribution in [3.8, 4) is 0 Å². The van der Waals surface area contributed by atoms with Gasteiger partial charge in [-0.3, -0.25) is 0 Å². The first-order valence-electron chi connectivity index (χ1n) is 2.60. The topological polar surface area (TPSA) is 9.23 Å². The third-order valence-electron chi connectivity index (χ3n) is 1.46. The molecule has 0 heterocycles. The second-order valence-corrected chi connectivity index (χ2v) is 2.80. The standard InChI is InChI=1S/C5H9IO/c1-4-2-5(3-4)7-6/h4-5H,2-3H2,1H3/t4-,5-. The Morgan fingerprint density at radius 3 is 2.29 bits per heavy atom. The van der Waals surface area contributed by atoms with Gasteiger partial charge in [0.2, 0.25) is 0 Å². The van der Waals surface area contributed by atoms with E-state index in [1.165, 1.54) is 12.8 Å². The minimum atomic E-state index is 0.579. The van der Waals surface area contributed by atoms with E-state index in [0.717, 1.165) is 5.92 Å². The van der Waals surface area contributed by atoms with Crippen LogP contribution in [0.25, 0.3) is 0 Å². The van der Waals surface area contributed by atoms with Crippen molar-refractivity contribution in [1.29, 1.82) is 0 Å². The summed E-state index contributed by atoms with van der Waals surface area (Å²) in [6, 6.07) is 0. The van der Waals surface area contributed by atoms with E-state index in [-0.39, 0.29) is 0 Å². The summed E-state index contributed by atoms with van der Waals surface area (Å²) >= 11 is 1.97. The number of rotatable bonds is 1. The van der Waals surface area contributed by atoms with E-state index in [2.05, 4.69) is 6.92 Å². The zero-order valence-corrected chi connectivity index (χ0v) is 6.51. The molecule has 0 saturated heterocycles. The molecule has 0 amide bonds. The predicted octanol–water partition coefficient (Wildman–Crippen LogP) is 2.15. The molecule has 0 aromatic heterocycles. The van der Waals surface area contributed by atoms with Crippen LogP contribution < -0.4 is 0 Å². The Hall–Kier alpha value is 0.690. The van der Waals surface area contributed by atoms with Crippen LogP contribution in [-0.4, -0.2) is 6.10 Å². The summed E-state index contributed by atoms with van der Waals surface area (Å²) in [5.74, 6) is 0.916. The molecule has 0 aromatic rings. The molecule has 0 N–H and O–H groups in total. The van der Waals surface area contributed by atoms with Crippen molar-refractivity contribution in [1.82, 2.24) is 0 Å². The molecule has 2 heteroatoms. The molecule has 7 heavy (non-hydrogen) atoms. The zero-order valence-electron chi connectivity index (χ0n) is 4.36. The van der Waals surface area contributed by atoms with Crippen LogP contribution in [0.4, 0.5) is 0 Å². The Labute approximate surface area is 58.1 Å². The molecule has 1 nitrogen and oxygen atoms in total. The van der Waals surface area contributed by atoms with E-state index in [0.29, 0.717) is 6.10 Å². The van der Waals surface area contributed by atoms with Gasteiger partial charge < -0.3 is 3.07 Å². The maximum atomic E-state index is 5.03. The van der Waals surface area contributed by atoms with E-state index in [9.17, 15) is 0 Å². The summed E-state index contributed by atoms with van der Waals surface area (Å²) in [4.78, 5) is 0. The summed E-state index contributed by atoms with van der Waals surface area (Å²) in [5, 5.41) is 0. The van der Waals surface area contributed by atoms with E-state index in [4.69, 9.17) is 3.07 Å². The fourth-order valence-corrected chi connectivity index (χ4v) is 1.32. The molecule has 0 bridgehead atoms. The molecule has 42 valence electrons. The van der Waals surface area contributed by atoms with Gasteiger partial charge in [0.05, 0.1) is 6.10 Å². The van der Waals surface area contributed by atoms with Crippen LogP contribution in [0.3, 0.4) is 0 Å². The van der Waals surface area contributed by atoms with Crippen molar-refractivity contribution in [3.05, 3.63) is 0 Å². The van der Waals surface area contributed by atoms with Crippen molar-refractivity contribution in [2.45, 2.75) is 25.9 Å². The normalized spacial score (nSPS) is 40.3. The lowest BCUT2D eigenvalue weighted by Gasteiger charge is -2.29. The molecular weight excluding hydrogens is 203 g/mol. The van der Waals surface area contributed by atoms with Gasteiger partial charge in [0, 0.05) is 0 Å². The van der Waals surface area contributed by atoms with E-state index in [1.54, 1.807) is 0 Å². The molecule has 0 atom stereocenters. The third-order valence-corrected chi connectivity index (χ3v) is 2.18. The van der Waals surface area contributed by atoms with Crippen molar-refractivity contribution in [3.63, 3.8) is 0 Å². The number of hydrogen-bond acceptors (Lipinski definition) is 1. The molecule has 0 spiro atoms. The minimum Gasteiger partial charge on any atom is -0.312 e. The summed E-state index contributed by atoms with van der Waals surface area (Å²) in [7, 11) is 0. The van der Waals surface area contributed by atoms with Crippen molar-refractivity contribution in [2.75, 3.05) is 0 Å². The van der Waals surface area contributed by atoms with Crippen LogP contribution >= 0.6 is 23.0 Å². The van der Waals surface area contributed by atoms with Gasteiger partial charge in [-0.1, -0.05) is 6.92 Å². The lowest BCUT2D eigenvalue weighted by molar-refractivity contribution is 0.117. The first-order valence-corrected chi connectivity index (χ1v) is 3.48. The molecule has 1 aliphatic carbocycles. The van der Waals surface area contributed by atoms with Gasteiger partial charge in [-0.05, 0) is 18.8 Å². The quantitative estimate of drug-likeness (QED) is 0.605. The molecular formula is C5H9IO. The van der Waals surface area contributed by atoms with E-state index in [1.807, 2.05) is 23.0 Å². The molecule has 1 rings (SSSR count). The Bertz CT molecular complexity index is 59.1. The monoisotopic (exact) mass is 212 g/mol.